The zero-order chi connectivity index (χ0) is 20.5. The highest BCUT2D eigenvalue weighted by Gasteiger charge is 2.23. The minimum atomic E-state index is -0.212. The minimum absolute atomic E-state index is 0.00949. The van der Waals surface area contributed by atoms with Crippen molar-refractivity contribution in [3.8, 4) is 5.75 Å². The van der Waals surface area contributed by atoms with E-state index >= 15 is 0 Å². The molecular weight excluding hydrogens is 368 g/mol. The molecule has 2 aromatic rings. The van der Waals surface area contributed by atoms with Gasteiger partial charge in [0.05, 0.1) is 13.2 Å². The molecule has 6 nitrogen and oxygen atoms in total. The van der Waals surface area contributed by atoms with Crippen molar-refractivity contribution in [1.29, 1.82) is 0 Å². The van der Waals surface area contributed by atoms with Crippen molar-refractivity contribution in [1.82, 2.24) is 9.80 Å². The molecule has 2 aromatic carbocycles. The summed E-state index contributed by atoms with van der Waals surface area (Å²) in [4.78, 5) is 28.8. The van der Waals surface area contributed by atoms with Gasteiger partial charge in [-0.05, 0) is 31.5 Å². The maximum atomic E-state index is 13.2. The van der Waals surface area contributed by atoms with Crippen molar-refractivity contribution < 1.29 is 19.1 Å². The van der Waals surface area contributed by atoms with Gasteiger partial charge in [-0.3, -0.25) is 14.5 Å². The third-order valence-electron chi connectivity index (χ3n) is 4.92. The molecule has 1 heterocycles. The van der Waals surface area contributed by atoms with Gasteiger partial charge in [-0.25, -0.2) is 0 Å². The van der Waals surface area contributed by atoms with E-state index in [4.69, 9.17) is 9.47 Å². The van der Waals surface area contributed by atoms with Crippen LogP contribution in [0.3, 0.4) is 0 Å². The van der Waals surface area contributed by atoms with Crippen LogP contribution in [-0.2, 0) is 16.1 Å². The summed E-state index contributed by atoms with van der Waals surface area (Å²) in [6.45, 7) is 5.51. The number of nitrogens with zero attached hydrogens (tertiary/aromatic N) is 2. The molecule has 0 aliphatic carbocycles. The average Bonchev–Trinajstić information content (AvgIpc) is 2.98. The molecule has 6 heteroatoms. The summed E-state index contributed by atoms with van der Waals surface area (Å²) in [5.41, 5.74) is 1.54. The molecule has 0 atom stereocenters. The number of benzene rings is 2. The quantitative estimate of drug-likeness (QED) is 0.674. The van der Waals surface area contributed by atoms with Crippen LogP contribution in [0.1, 0.15) is 29.3 Å². The second kappa shape index (κ2) is 10.6. The predicted octanol–water partition coefficient (Wildman–Crippen LogP) is 2.98. The van der Waals surface area contributed by atoms with E-state index < -0.39 is 0 Å². The molecular formula is C23H28N2O4. The fraction of sp³-hybridized carbons (Fsp3) is 0.391. The maximum Gasteiger partial charge on any atom is 0.320 e. The number of carbonyl (C=O) groups excluding carboxylic acids is 2. The van der Waals surface area contributed by atoms with E-state index in [0.717, 1.165) is 24.3 Å². The molecule has 3 rings (SSSR count). The molecule has 0 saturated carbocycles. The minimum Gasteiger partial charge on any atom is -0.489 e. The molecule has 0 spiro atoms. The molecule has 0 radical (unpaired) electrons. The smallest absolute Gasteiger partial charge is 0.320 e. The summed E-state index contributed by atoms with van der Waals surface area (Å²) in [7, 11) is 0. The van der Waals surface area contributed by atoms with Crippen molar-refractivity contribution in [2.45, 2.75) is 20.0 Å². The van der Waals surface area contributed by atoms with Gasteiger partial charge in [0.1, 0.15) is 12.4 Å². The molecule has 0 bridgehead atoms. The molecule has 1 saturated heterocycles. The molecule has 154 valence electrons. The third-order valence-corrected chi connectivity index (χ3v) is 4.92. The first-order valence-electron chi connectivity index (χ1n) is 10.1. The van der Waals surface area contributed by atoms with E-state index in [9.17, 15) is 9.59 Å². The summed E-state index contributed by atoms with van der Waals surface area (Å²) in [6, 6.07) is 17.2. The number of ether oxygens (including phenoxy) is 2. The third kappa shape index (κ3) is 6.06. The van der Waals surface area contributed by atoms with E-state index in [0.29, 0.717) is 38.4 Å². The number of esters is 1. The van der Waals surface area contributed by atoms with E-state index in [-0.39, 0.29) is 18.4 Å². The number of para-hydroxylation sites is 1. The zero-order valence-corrected chi connectivity index (χ0v) is 16.9. The van der Waals surface area contributed by atoms with Gasteiger partial charge in [-0.1, -0.05) is 36.4 Å². The number of hydrogen-bond donors (Lipinski definition) is 0. The summed E-state index contributed by atoms with van der Waals surface area (Å²) < 4.78 is 10.9. The lowest BCUT2D eigenvalue weighted by Crippen LogP contribution is -2.37. The molecule has 1 amide bonds. The van der Waals surface area contributed by atoms with Crippen molar-refractivity contribution >= 4 is 11.9 Å². The van der Waals surface area contributed by atoms with Crippen LogP contribution < -0.4 is 4.74 Å². The second-order valence-corrected chi connectivity index (χ2v) is 6.99. The molecule has 29 heavy (non-hydrogen) atoms. The van der Waals surface area contributed by atoms with Gasteiger partial charge < -0.3 is 14.4 Å². The first-order valence-corrected chi connectivity index (χ1v) is 10.1. The highest BCUT2D eigenvalue weighted by molar-refractivity contribution is 5.95. The topological polar surface area (TPSA) is 59.1 Å². The molecule has 1 aliphatic rings. The van der Waals surface area contributed by atoms with Gasteiger partial charge in [0.25, 0.3) is 5.91 Å². The van der Waals surface area contributed by atoms with Crippen LogP contribution in [-0.4, -0.2) is 61.0 Å². The second-order valence-electron chi connectivity index (χ2n) is 6.99. The highest BCUT2D eigenvalue weighted by Crippen LogP contribution is 2.17. The van der Waals surface area contributed by atoms with Gasteiger partial charge >= 0.3 is 5.97 Å². The fourth-order valence-electron chi connectivity index (χ4n) is 3.42. The Labute approximate surface area is 172 Å². The van der Waals surface area contributed by atoms with Crippen molar-refractivity contribution in [2.24, 2.45) is 0 Å². The number of carbonyl (C=O) groups is 2. The van der Waals surface area contributed by atoms with Crippen molar-refractivity contribution in [2.75, 3.05) is 39.3 Å². The first-order chi connectivity index (χ1) is 14.2. The Kier molecular flexibility index (Phi) is 7.64. The van der Waals surface area contributed by atoms with Crippen molar-refractivity contribution in [3.05, 3.63) is 65.7 Å². The Bertz CT molecular complexity index is 810. The summed E-state index contributed by atoms with van der Waals surface area (Å²) in [5.74, 6) is 0.574. The van der Waals surface area contributed by atoms with Gasteiger partial charge in [-0.2, -0.15) is 0 Å². The number of amides is 1. The van der Waals surface area contributed by atoms with Crippen LogP contribution in [0.25, 0.3) is 0 Å². The van der Waals surface area contributed by atoms with E-state index in [1.165, 1.54) is 0 Å². The van der Waals surface area contributed by atoms with Crippen LogP contribution in [0, 0.1) is 0 Å². The predicted molar refractivity (Wildman–Crippen MR) is 111 cm³/mol. The molecule has 1 fully saturated rings. The summed E-state index contributed by atoms with van der Waals surface area (Å²) in [6.07, 6.45) is 0.827. The Morgan fingerprint density at radius 1 is 0.931 bits per heavy atom. The van der Waals surface area contributed by atoms with Gasteiger partial charge in [0, 0.05) is 37.3 Å². The zero-order valence-electron chi connectivity index (χ0n) is 16.9. The number of hydrogen-bond acceptors (Lipinski definition) is 5. The van der Waals surface area contributed by atoms with Gasteiger partial charge in [-0.15, -0.1) is 0 Å². The SMILES string of the molecule is CCOC(=O)CN1CCCN(C(=O)c2ccccc2COc2ccccc2)CC1. The normalized spacial score (nSPS) is 14.9. The standard InChI is InChI=1S/C23H28N2O4/c1-2-28-22(26)17-24-13-8-14-25(16-15-24)23(27)21-12-7-6-9-19(21)18-29-20-10-4-3-5-11-20/h3-7,9-12H,2,8,13-18H2,1H3. The van der Waals surface area contributed by atoms with E-state index in [2.05, 4.69) is 4.90 Å². The molecule has 0 unspecified atom stereocenters. The Morgan fingerprint density at radius 2 is 1.69 bits per heavy atom. The van der Waals surface area contributed by atoms with Crippen LogP contribution >= 0.6 is 0 Å². The lowest BCUT2D eigenvalue weighted by molar-refractivity contribution is -0.144. The highest BCUT2D eigenvalue weighted by atomic mass is 16.5. The van der Waals surface area contributed by atoms with Crippen LogP contribution in [0.4, 0.5) is 0 Å². The van der Waals surface area contributed by atoms with Gasteiger partial charge in [0.2, 0.25) is 0 Å². The average molecular weight is 396 g/mol. The Hall–Kier alpha value is -2.86. The maximum absolute atomic E-state index is 13.2. The lowest BCUT2D eigenvalue weighted by atomic mass is 10.1. The van der Waals surface area contributed by atoms with Crippen LogP contribution in [0.2, 0.25) is 0 Å². The summed E-state index contributed by atoms with van der Waals surface area (Å²) >= 11 is 0. The Balaban J connectivity index is 1.62. The number of rotatable bonds is 7. The Morgan fingerprint density at radius 3 is 2.48 bits per heavy atom. The van der Waals surface area contributed by atoms with Crippen LogP contribution in [0.5, 0.6) is 5.75 Å². The van der Waals surface area contributed by atoms with E-state index in [1.807, 2.05) is 59.5 Å². The molecule has 1 aliphatic heterocycles. The monoisotopic (exact) mass is 396 g/mol. The van der Waals surface area contributed by atoms with E-state index in [1.54, 1.807) is 6.92 Å². The summed E-state index contributed by atoms with van der Waals surface area (Å²) in [5, 5.41) is 0. The largest absolute Gasteiger partial charge is 0.489 e. The molecule has 0 N–H and O–H groups in total. The fourth-order valence-corrected chi connectivity index (χ4v) is 3.42. The van der Waals surface area contributed by atoms with Gasteiger partial charge in [0.15, 0.2) is 0 Å². The molecule has 0 aromatic heterocycles. The van der Waals surface area contributed by atoms with Crippen molar-refractivity contribution in [3.63, 3.8) is 0 Å². The lowest BCUT2D eigenvalue weighted by Gasteiger charge is -2.22. The first kappa shape index (κ1) is 20.9. The van der Waals surface area contributed by atoms with Crippen LogP contribution in [0.15, 0.2) is 54.6 Å².